The molecule has 0 radical (unpaired) electrons. The maximum atomic E-state index is 12.3. The van der Waals surface area contributed by atoms with Crippen molar-refractivity contribution in [1.29, 1.82) is 0 Å². The highest BCUT2D eigenvalue weighted by Gasteiger charge is 2.23. The Morgan fingerprint density at radius 2 is 1.70 bits per heavy atom. The molecule has 23 heavy (non-hydrogen) atoms. The number of anilines is 1. The zero-order valence-corrected chi connectivity index (χ0v) is 12.2. The van der Waals surface area contributed by atoms with Crippen LogP contribution in [-0.2, 0) is 0 Å². The molecule has 0 saturated carbocycles. The van der Waals surface area contributed by atoms with Crippen LogP contribution in [0.4, 0.5) is 11.6 Å². The van der Waals surface area contributed by atoms with Crippen molar-refractivity contribution in [3.05, 3.63) is 52.6 Å². The summed E-state index contributed by atoms with van der Waals surface area (Å²) in [6, 6.07) is 3.38. The molecule has 0 atom stereocenters. The summed E-state index contributed by atoms with van der Waals surface area (Å²) in [6.45, 7) is 2.24. The molecule has 9 heteroatoms. The van der Waals surface area contributed by atoms with Gasteiger partial charge in [-0.25, -0.2) is 9.97 Å². The molecule has 0 unspecified atom stereocenters. The van der Waals surface area contributed by atoms with Crippen LogP contribution in [0.1, 0.15) is 10.4 Å². The number of nitrogens with zero attached hydrogens (tertiary/aromatic N) is 6. The second-order valence-corrected chi connectivity index (χ2v) is 5.01. The van der Waals surface area contributed by atoms with Gasteiger partial charge in [-0.15, -0.1) is 0 Å². The number of piperazine rings is 1. The molecule has 0 N–H and O–H groups in total. The average Bonchev–Trinajstić information content (AvgIpc) is 2.62. The molecule has 3 heterocycles. The van der Waals surface area contributed by atoms with E-state index in [4.69, 9.17) is 0 Å². The largest absolute Gasteiger partial charge is 0.337 e. The quantitative estimate of drug-likeness (QED) is 0.607. The van der Waals surface area contributed by atoms with Gasteiger partial charge in [0, 0.05) is 44.1 Å². The number of carbonyl (C=O) groups excluding carboxylic acids is 1. The maximum absolute atomic E-state index is 12.3. The lowest BCUT2D eigenvalue weighted by molar-refractivity contribution is -0.385. The summed E-state index contributed by atoms with van der Waals surface area (Å²) in [6.07, 6.45) is 5.57. The van der Waals surface area contributed by atoms with Crippen LogP contribution in [0, 0.1) is 10.1 Å². The summed E-state index contributed by atoms with van der Waals surface area (Å²) >= 11 is 0. The van der Waals surface area contributed by atoms with Gasteiger partial charge >= 0.3 is 5.69 Å². The molecule has 118 valence electrons. The van der Waals surface area contributed by atoms with Gasteiger partial charge in [0.2, 0.25) is 5.95 Å². The van der Waals surface area contributed by atoms with Gasteiger partial charge in [0.1, 0.15) is 12.4 Å². The number of hydrogen-bond donors (Lipinski definition) is 0. The van der Waals surface area contributed by atoms with E-state index in [2.05, 4.69) is 15.0 Å². The molecule has 1 fully saturated rings. The summed E-state index contributed by atoms with van der Waals surface area (Å²) in [5.74, 6) is 0.406. The van der Waals surface area contributed by atoms with E-state index in [1.54, 1.807) is 29.4 Å². The number of rotatable bonds is 3. The van der Waals surface area contributed by atoms with Crippen LogP contribution in [0.3, 0.4) is 0 Å². The lowest BCUT2D eigenvalue weighted by Gasteiger charge is -2.34. The van der Waals surface area contributed by atoms with Gasteiger partial charge in [-0.1, -0.05) is 0 Å². The van der Waals surface area contributed by atoms with Gasteiger partial charge in [-0.3, -0.25) is 19.9 Å². The monoisotopic (exact) mass is 314 g/mol. The molecule has 1 aliphatic rings. The lowest BCUT2D eigenvalue weighted by atomic mass is 10.2. The molecule has 2 aromatic rings. The van der Waals surface area contributed by atoms with E-state index in [0.29, 0.717) is 37.7 Å². The van der Waals surface area contributed by atoms with Crippen LogP contribution in [-0.4, -0.2) is 56.9 Å². The Morgan fingerprint density at radius 3 is 2.26 bits per heavy atom. The van der Waals surface area contributed by atoms with E-state index in [9.17, 15) is 14.9 Å². The van der Waals surface area contributed by atoms with Crippen molar-refractivity contribution in [2.75, 3.05) is 31.1 Å². The van der Waals surface area contributed by atoms with Crippen molar-refractivity contribution in [1.82, 2.24) is 19.9 Å². The fourth-order valence-electron chi connectivity index (χ4n) is 2.36. The summed E-state index contributed by atoms with van der Waals surface area (Å²) in [5.41, 5.74) is 0.472. The molecule has 1 aliphatic heterocycles. The SMILES string of the molecule is O=C(c1ccncc1)N1CCN(c2ncc([N+](=O)[O-])cn2)CC1. The summed E-state index contributed by atoms with van der Waals surface area (Å²) < 4.78 is 0. The minimum atomic E-state index is -0.533. The van der Waals surface area contributed by atoms with Crippen molar-refractivity contribution >= 4 is 17.5 Å². The van der Waals surface area contributed by atoms with E-state index >= 15 is 0 Å². The van der Waals surface area contributed by atoms with E-state index in [0.717, 1.165) is 0 Å². The third-order valence-electron chi connectivity index (χ3n) is 3.61. The first-order chi connectivity index (χ1) is 11.1. The van der Waals surface area contributed by atoms with Crippen LogP contribution in [0.25, 0.3) is 0 Å². The molecule has 1 saturated heterocycles. The van der Waals surface area contributed by atoms with E-state index in [1.807, 2.05) is 4.90 Å². The predicted molar refractivity (Wildman–Crippen MR) is 81.0 cm³/mol. The second-order valence-electron chi connectivity index (χ2n) is 5.01. The van der Waals surface area contributed by atoms with Gasteiger partial charge in [-0.05, 0) is 12.1 Å². The Balaban J connectivity index is 1.62. The zero-order valence-electron chi connectivity index (χ0n) is 12.2. The fraction of sp³-hybridized carbons (Fsp3) is 0.286. The molecule has 0 spiro atoms. The first kappa shape index (κ1) is 14.8. The zero-order chi connectivity index (χ0) is 16.2. The van der Waals surface area contributed by atoms with Crippen LogP contribution >= 0.6 is 0 Å². The molecular weight excluding hydrogens is 300 g/mol. The summed E-state index contributed by atoms with van der Waals surface area (Å²) in [5, 5.41) is 10.6. The Labute approximate surface area is 131 Å². The van der Waals surface area contributed by atoms with Crippen LogP contribution in [0.2, 0.25) is 0 Å². The highest BCUT2D eigenvalue weighted by Crippen LogP contribution is 2.15. The average molecular weight is 314 g/mol. The third-order valence-corrected chi connectivity index (χ3v) is 3.61. The van der Waals surface area contributed by atoms with Gasteiger partial charge in [0.15, 0.2) is 0 Å². The summed E-state index contributed by atoms with van der Waals surface area (Å²) in [7, 11) is 0. The molecule has 9 nitrogen and oxygen atoms in total. The Hall–Kier alpha value is -3.10. The van der Waals surface area contributed by atoms with Gasteiger partial charge in [-0.2, -0.15) is 0 Å². The number of pyridine rings is 1. The lowest BCUT2D eigenvalue weighted by Crippen LogP contribution is -2.49. The fourth-order valence-corrected chi connectivity index (χ4v) is 2.36. The number of nitro groups is 1. The van der Waals surface area contributed by atoms with Crippen LogP contribution < -0.4 is 4.90 Å². The molecule has 0 aliphatic carbocycles. The van der Waals surface area contributed by atoms with Gasteiger partial charge in [0.05, 0.1) is 4.92 Å². The van der Waals surface area contributed by atoms with Crippen LogP contribution in [0.5, 0.6) is 0 Å². The maximum Gasteiger partial charge on any atom is 0.305 e. The van der Waals surface area contributed by atoms with Crippen molar-refractivity contribution in [2.45, 2.75) is 0 Å². The van der Waals surface area contributed by atoms with Gasteiger partial charge < -0.3 is 9.80 Å². The minimum Gasteiger partial charge on any atom is -0.337 e. The molecular formula is C14H14N6O3. The molecule has 1 amide bonds. The van der Waals surface area contributed by atoms with Crippen molar-refractivity contribution in [3.63, 3.8) is 0 Å². The number of aromatic nitrogens is 3. The third kappa shape index (κ3) is 3.23. The first-order valence-corrected chi connectivity index (χ1v) is 7.06. The minimum absolute atomic E-state index is 0.0309. The molecule has 2 aromatic heterocycles. The van der Waals surface area contributed by atoms with Crippen molar-refractivity contribution < 1.29 is 9.72 Å². The first-order valence-electron chi connectivity index (χ1n) is 7.06. The highest BCUT2D eigenvalue weighted by atomic mass is 16.6. The predicted octanol–water partition coefficient (Wildman–Crippen LogP) is 0.742. The van der Waals surface area contributed by atoms with Crippen LogP contribution in [0.15, 0.2) is 36.9 Å². The number of hydrogen-bond acceptors (Lipinski definition) is 7. The van der Waals surface area contributed by atoms with E-state index < -0.39 is 4.92 Å². The van der Waals surface area contributed by atoms with Crippen molar-refractivity contribution in [3.8, 4) is 0 Å². The topological polar surface area (TPSA) is 105 Å². The normalized spacial score (nSPS) is 14.6. The van der Waals surface area contributed by atoms with E-state index in [1.165, 1.54) is 12.4 Å². The molecule has 3 rings (SSSR count). The van der Waals surface area contributed by atoms with Gasteiger partial charge in [0.25, 0.3) is 5.91 Å². The van der Waals surface area contributed by atoms with E-state index in [-0.39, 0.29) is 11.6 Å². The van der Waals surface area contributed by atoms with Crippen molar-refractivity contribution in [2.24, 2.45) is 0 Å². The summed E-state index contributed by atoms with van der Waals surface area (Å²) in [4.78, 5) is 38.0. The smallest absolute Gasteiger partial charge is 0.305 e. The molecule has 0 aromatic carbocycles. The second kappa shape index (κ2) is 6.34. The molecule has 0 bridgehead atoms. The number of amides is 1. The Morgan fingerprint density at radius 1 is 1.09 bits per heavy atom. The Bertz CT molecular complexity index is 698. The standard InChI is InChI=1S/C14H14N6O3/c21-13(11-1-3-15-4-2-11)18-5-7-19(8-6-18)14-16-9-12(10-17-14)20(22)23/h1-4,9-10H,5-8H2. The Kier molecular flexibility index (Phi) is 4.09. The number of carbonyl (C=O) groups is 1. The highest BCUT2D eigenvalue weighted by molar-refractivity contribution is 5.94.